The van der Waals surface area contributed by atoms with E-state index < -0.39 is 5.82 Å². The zero-order chi connectivity index (χ0) is 13.6. The van der Waals surface area contributed by atoms with Gasteiger partial charge in [-0.1, -0.05) is 24.9 Å². The lowest BCUT2D eigenvalue weighted by Crippen LogP contribution is -2.01. The maximum atomic E-state index is 13.7. The molecular formula is C14H15Cl2FN2. The Kier molecular flexibility index (Phi) is 3.44. The Morgan fingerprint density at radius 1 is 1.47 bits per heavy atom. The van der Waals surface area contributed by atoms with Gasteiger partial charge in [0, 0.05) is 12.1 Å². The van der Waals surface area contributed by atoms with Gasteiger partial charge >= 0.3 is 0 Å². The molecule has 1 aromatic carbocycles. The Bertz CT molecular complexity index is 623. The number of nitrogens with zero attached hydrogens (tertiary/aromatic N) is 2. The fourth-order valence-electron chi connectivity index (χ4n) is 2.83. The highest BCUT2D eigenvalue weighted by atomic mass is 35.5. The third-order valence-corrected chi connectivity index (χ3v) is 4.33. The number of hydrogen-bond donors (Lipinski definition) is 0. The smallest absolute Gasteiger partial charge is 0.144 e. The van der Waals surface area contributed by atoms with E-state index in [2.05, 4.69) is 16.5 Å². The first-order chi connectivity index (χ1) is 9.15. The second-order valence-corrected chi connectivity index (χ2v) is 5.81. The summed E-state index contributed by atoms with van der Waals surface area (Å²) in [4.78, 5) is 4.47. The minimum Gasteiger partial charge on any atom is -0.323 e. The van der Waals surface area contributed by atoms with Crippen molar-refractivity contribution in [1.29, 1.82) is 0 Å². The summed E-state index contributed by atoms with van der Waals surface area (Å²) in [7, 11) is 0. The molecule has 0 bridgehead atoms. The topological polar surface area (TPSA) is 17.8 Å². The number of alkyl halides is 1. The highest BCUT2D eigenvalue weighted by Crippen LogP contribution is 2.48. The molecule has 5 heteroatoms. The molecule has 2 unspecified atom stereocenters. The molecule has 1 aliphatic carbocycles. The molecule has 19 heavy (non-hydrogen) atoms. The van der Waals surface area contributed by atoms with Crippen LogP contribution >= 0.6 is 23.2 Å². The zero-order valence-electron chi connectivity index (χ0n) is 10.7. The van der Waals surface area contributed by atoms with Gasteiger partial charge in [0.2, 0.25) is 0 Å². The molecule has 0 amide bonds. The summed E-state index contributed by atoms with van der Waals surface area (Å²) in [5.74, 6) is 1.41. The van der Waals surface area contributed by atoms with E-state index in [-0.39, 0.29) is 5.02 Å². The molecule has 2 nitrogen and oxygen atoms in total. The van der Waals surface area contributed by atoms with Crippen LogP contribution in [0.15, 0.2) is 12.1 Å². The van der Waals surface area contributed by atoms with Crippen LogP contribution in [0.1, 0.15) is 38.1 Å². The van der Waals surface area contributed by atoms with E-state index >= 15 is 0 Å². The molecular weight excluding hydrogens is 286 g/mol. The van der Waals surface area contributed by atoms with Crippen LogP contribution in [-0.2, 0) is 5.88 Å². The molecule has 1 saturated carbocycles. The minimum atomic E-state index is -0.399. The van der Waals surface area contributed by atoms with Crippen molar-refractivity contribution in [2.45, 2.75) is 38.1 Å². The van der Waals surface area contributed by atoms with Crippen molar-refractivity contribution in [2.24, 2.45) is 5.92 Å². The van der Waals surface area contributed by atoms with Gasteiger partial charge in [-0.3, -0.25) is 0 Å². The van der Waals surface area contributed by atoms with Gasteiger partial charge in [0.1, 0.15) is 11.6 Å². The van der Waals surface area contributed by atoms with Crippen LogP contribution in [0.5, 0.6) is 0 Å². The molecule has 0 saturated heterocycles. The normalized spacial score (nSPS) is 22.1. The summed E-state index contributed by atoms with van der Waals surface area (Å²) >= 11 is 11.8. The van der Waals surface area contributed by atoms with Crippen LogP contribution in [0.2, 0.25) is 5.02 Å². The van der Waals surface area contributed by atoms with Gasteiger partial charge in [-0.15, -0.1) is 11.6 Å². The molecule has 0 N–H and O–H groups in total. The molecule has 1 aromatic heterocycles. The van der Waals surface area contributed by atoms with Crippen LogP contribution in [0.25, 0.3) is 11.0 Å². The van der Waals surface area contributed by atoms with E-state index in [1.807, 2.05) is 0 Å². The molecule has 0 aliphatic heterocycles. The fourth-order valence-corrected chi connectivity index (χ4v) is 3.18. The van der Waals surface area contributed by atoms with E-state index in [9.17, 15) is 4.39 Å². The van der Waals surface area contributed by atoms with Gasteiger partial charge < -0.3 is 4.57 Å². The molecule has 1 aliphatic rings. The first-order valence-electron chi connectivity index (χ1n) is 6.57. The summed E-state index contributed by atoms with van der Waals surface area (Å²) in [6.45, 7) is 2.18. The standard InChI is InChI=1S/C14H15Cl2FN2/c1-2-3-8-4-12(8)19-13-6-10(17)9(16)5-11(13)18-14(19)7-15/h5-6,8,12H,2-4,7H2,1H3. The Balaban J connectivity index is 2.09. The van der Waals surface area contributed by atoms with E-state index in [0.29, 0.717) is 17.8 Å². The van der Waals surface area contributed by atoms with E-state index in [4.69, 9.17) is 23.2 Å². The molecule has 3 rings (SSSR count). The molecule has 0 spiro atoms. The van der Waals surface area contributed by atoms with E-state index in [1.165, 1.54) is 18.9 Å². The van der Waals surface area contributed by atoms with Crippen molar-refractivity contribution in [2.75, 3.05) is 0 Å². The molecule has 0 radical (unpaired) electrons. The number of rotatable bonds is 4. The number of halogens is 3. The lowest BCUT2D eigenvalue weighted by molar-refractivity contribution is 0.602. The highest BCUT2D eigenvalue weighted by molar-refractivity contribution is 6.31. The van der Waals surface area contributed by atoms with Crippen molar-refractivity contribution in [3.8, 4) is 0 Å². The van der Waals surface area contributed by atoms with Gasteiger partial charge in [-0.05, 0) is 24.8 Å². The highest BCUT2D eigenvalue weighted by Gasteiger charge is 2.39. The predicted octanol–water partition coefficient (Wildman–Crippen LogP) is 4.93. The number of benzene rings is 1. The fraction of sp³-hybridized carbons (Fsp3) is 0.500. The van der Waals surface area contributed by atoms with E-state index in [1.54, 1.807) is 6.07 Å². The number of imidazole rings is 1. The summed E-state index contributed by atoms with van der Waals surface area (Å²) in [6.07, 6.45) is 3.50. The number of fused-ring (bicyclic) bond motifs is 1. The van der Waals surface area contributed by atoms with Crippen molar-refractivity contribution in [3.63, 3.8) is 0 Å². The van der Waals surface area contributed by atoms with Crippen LogP contribution < -0.4 is 0 Å². The van der Waals surface area contributed by atoms with Crippen LogP contribution in [-0.4, -0.2) is 9.55 Å². The van der Waals surface area contributed by atoms with E-state index in [0.717, 1.165) is 23.3 Å². The zero-order valence-corrected chi connectivity index (χ0v) is 12.2. The summed E-state index contributed by atoms with van der Waals surface area (Å²) < 4.78 is 15.8. The first-order valence-corrected chi connectivity index (χ1v) is 7.48. The van der Waals surface area contributed by atoms with Crippen molar-refractivity contribution in [3.05, 3.63) is 28.8 Å². The molecule has 2 aromatic rings. The Hall–Kier alpha value is -0.800. The van der Waals surface area contributed by atoms with Crippen molar-refractivity contribution >= 4 is 34.2 Å². The molecule has 2 atom stereocenters. The monoisotopic (exact) mass is 300 g/mol. The van der Waals surface area contributed by atoms with Gasteiger partial charge in [0.05, 0.1) is 21.9 Å². The lowest BCUT2D eigenvalue weighted by atomic mass is 10.2. The first kappa shape index (κ1) is 13.2. The average molecular weight is 301 g/mol. The maximum absolute atomic E-state index is 13.7. The Morgan fingerprint density at radius 2 is 2.26 bits per heavy atom. The number of hydrogen-bond acceptors (Lipinski definition) is 1. The van der Waals surface area contributed by atoms with Crippen LogP contribution in [0.4, 0.5) is 4.39 Å². The summed E-state index contributed by atoms with van der Waals surface area (Å²) in [5, 5.41) is 0.110. The van der Waals surface area contributed by atoms with Crippen LogP contribution in [0, 0.1) is 11.7 Å². The predicted molar refractivity (Wildman–Crippen MR) is 76.3 cm³/mol. The quantitative estimate of drug-likeness (QED) is 0.732. The maximum Gasteiger partial charge on any atom is 0.144 e. The lowest BCUT2D eigenvalue weighted by Gasteiger charge is -2.07. The third-order valence-electron chi connectivity index (χ3n) is 3.80. The molecule has 1 fully saturated rings. The second-order valence-electron chi connectivity index (χ2n) is 5.14. The van der Waals surface area contributed by atoms with Gasteiger partial charge in [-0.25, -0.2) is 9.37 Å². The average Bonchev–Trinajstić information content (AvgIpc) is 3.04. The largest absolute Gasteiger partial charge is 0.323 e. The Morgan fingerprint density at radius 3 is 2.95 bits per heavy atom. The van der Waals surface area contributed by atoms with Crippen molar-refractivity contribution in [1.82, 2.24) is 9.55 Å². The second kappa shape index (κ2) is 4.95. The Labute approximate surface area is 121 Å². The molecule has 102 valence electrons. The SMILES string of the molecule is CCCC1CC1n1c(CCl)nc2cc(Cl)c(F)cc21. The third kappa shape index (κ3) is 2.23. The minimum absolute atomic E-state index is 0.110. The summed E-state index contributed by atoms with van der Waals surface area (Å²) in [6, 6.07) is 3.47. The molecule has 1 heterocycles. The van der Waals surface area contributed by atoms with Gasteiger partial charge in [0.25, 0.3) is 0 Å². The van der Waals surface area contributed by atoms with Crippen molar-refractivity contribution < 1.29 is 4.39 Å². The number of aromatic nitrogens is 2. The van der Waals surface area contributed by atoms with Gasteiger partial charge in [-0.2, -0.15) is 0 Å². The van der Waals surface area contributed by atoms with Crippen LogP contribution in [0.3, 0.4) is 0 Å². The van der Waals surface area contributed by atoms with Gasteiger partial charge in [0.15, 0.2) is 0 Å². The summed E-state index contributed by atoms with van der Waals surface area (Å²) in [5.41, 5.74) is 1.53.